The molecule has 0 aliphatic carbocycles. The minimum Gasteiger partial charge on any atom is -0.497 e. The number of nitrogens with two attached hydrogens (primary N) is 1. The van der Waals surface area contributed by atoms with Crippen LogP contribution in [-0.4, -0.2) is 20.2 Å². The zero-order valence-corrected chi connectivity index (χ0v) is 13.6. The van der Waals surface area contributed by atoms with Crippen LogP contribution in [0.3, 0.4) is 0 Å². The summed E-state index contributed by atoms with van der Waals surface area (Å²) in [7, 11) is 1.70. The highest BCUT2D eigenvalue weighted by atomic mass is 16.5. The third kappa shape index (κ3) is 5.93. The average molecular weight is 278 g/mol. The molecule has 1 aromatic carbocycles. The van der Waals surface area contributed by atoms with Gasteiger partial charge in [-0.25, -0.2) is 0 Å². The van der Waals surface area contributed by atoms with E-state index in [2.05, 4.69) is 45.1 Å². The molecule has 0 unspecified atom stereocenters. The number of methoxy groups -OCH3 is 1. The van der Waals surface area contributed by atoms with Crippen LogP contribution in [0, 0.1) is 10.8 Å². The summed E-state index contributed by atoms with van der Waals surface area (Å²) >= 11 is 0. The molecule has 0 fully saturated rings. The summed E-state index contributed by atoms with van der Waals surface area (Å²) < 4.78 is 5.24. The molecule has 20 heavy (non-hydrogen) atoms. The van der Waals surface area contributed by atoms with Gasteiger partial charge in [0, 0.05) is 13.1 Å². The fourth-order valence-corrected chi connectivity index (χ4v) is 2.76. The van der Waals surface area contributed by atoms with Crippen LogP contribution in [0.1, 0.15) is 39.7 Å². The molecule has 3 heteroatoms. The predicted octanol–water partition coefficient (Wildman–Crippen LogP) is 3.19. The van der Waals surface area contributed by atoms with Gasteiger partial charge in [-0.2, -0.15) is 0 Å². The summed E-state index contributed by atoms with van der Waals surface area (Å²) in [5.74, 6) is 0.910. The summed E-state index contributed by atoms with van der Waals surface area (Å²) in [6.45, 7) is 11.6. The van der Waals surface area contributed by atoms with Crippen molar-refractivity contribution in [3.63, 3.8) is 0 Å². The second-order valence-corrected chi connectivity index (χ2v) is 7.16. The third-order valence-electron chi connectivity index (χ3n) is 3.58. The molecule has 0 heterocycles. The van der Waals surface area contributed by atoms with Gasteiger partial charge in [-0.15, -0.1) is 0 Å². The van der Waals surface area contributed by atoms with Gasteiger partial charge in [-0.05, 0) is 41.5 Å². The number of hydrogen-bond donors (Lipinski definition) is 2. The predicted molar refractivity (Wildman–Crippen MR) is 85.9 cm³/mol. The first kappa shape index (κ1) is 17.0. The zero-order valence-electron chi connectivity index (χ0n) is 13.6. The number of nitrogens with one attached hydrogen (secondary N) is 1. The Morgan fingerprint density at radius 3 is 2.45 bits per heavy atom. The van der Waals surface area contributed by atoms with E-state index in [0.29, 0.717) is 0 Å². The van der Waals surface area contributed by atoms with Crippen molar-refractivity contribution >= 4 is 0 Å². The first-order valence-corrected chi connectivity index (χ1v) is 7.32. The Bertz CT molecular complexity index is 413. The highest BCUT2D eigenvalue weighted by Crippen LogP contribution is 2.32. The highest BCUT2D eigenvalue weighted by Gasteiger charge is 2.27. The quantitative estimate of drug-likeness (QED) is 0.768. The largest absolute Gasteiger partial charge is 0.497 e. The van der Waals surface area contributed by atoms with Crippen molar-refractivity contribution in [3.8, 4) is 5.75 Å². The first-order valence-electron chi connectivity index (χ1n) is 7.32. The van der Waals surface area contributed by atoms with Gasteiger partial charge in [0.05, 0.1) is 7.11 Å². The van der Waals surface area contributed by atoms with E-state index in [-0.39, 0.29) is 10.8 Å². The van der Waals surface area contributed by atoms with Gasteiger partial charge in [0.2, 0.25) is 0 Å². The average Bonchev–Trinajstić information content (AvgIpc) is 2.37. The number of ether oxygens (including phenoxy) is 1. The summed E-state index contributed by atoms with van der Waals surface area (Å²) in [4.78, 5) is 0. The Morgan fingerprint density at radius 2 is 1.85 bits per heavy atom. The third-order valence-corrected chi connectivity index (χ3v) is 3.58. The van der Waals surface area contributed by atoms with Gasteiger partial charge in [0.25, 0.3) is 0 Å². The molecule has 0 saturated carbocycles. The Morgan fingerprint density at radius 1 is 1.15 bits per heavy atom. The van der Waals surface area contributed by atoms with E-state index in [9.17, 15) is 0 Å². The number of rotatable bonds is 8. The zero-order chi connectivity index (χ0) is 15.2. The fourth-order valence-electron chi connectivity index (χ4n) is 2.76. The molecule has 1 rings (SSSR count). The van der Waals surface area contributed by atoms with Crippen molar-refractivity contribution in [2.75, 3.05) is 20.2 Å². The van der Waals surface area contributed by atoms with Crippen molar-refractivity contribution in [2.45, 2.75) is 40.7 Å². The second-order valence-electron chi connectivity index (χ2n) is 7.16. The summed E-state index contributed by atoms with van der Waals surface area (Å²) in [5, 5.41) is 3.54. The van der Waals surface area contributed by atoms with E-state index in [1.54, 1.807) is 7.11 Å². The molecule has 114 valence electrons. The fraction of sp³-hybridized carbons (Fsp3) is 0.647. The van der Waals surface area contributed by atoms with E-state index < -0.39 is 0 Å². The van der Waals surface area contributed by atoms with E-state index in [1.165, 1.54) is 5.56 Å². The van der Waals surface area contributed by atoms with Crippen LogP contribution in [-0.2, 0) is 6.54 Å². The molecule has 0 spiro atoms. The lowest BCUT2D eigenvalue weighted by Crippen LogP contribution is -2.36. The van der Waals surface area contributed by atoms with Gasteiger partial charge < -0.3 is 15.8 Å². The molecule has 0 aliphatic heterocycles. The Hall–Kier alpha value is -1.06. The van der Waals surface area contributed by atoms with Crippen molar-refractivity contribution in [2.24, 2.45) is 16.6 Å². The summed E-state index contributed by atoms with van der Waals surface area (Å²) in [6.07, 6.45) is 1.11. The maximum Gasteiger partial charge on any atom is 0.119 e. The molecule has 0 amide bonds. The molecule has 0 saturated heterocycles. The van der Waals surface area contributed by atoms with Crippen molar-refractivity contribution < 1.29 is 4.74 Å². The van der Waals surface area contributed by atoms with Crippen LogP contribution in [0.15, 0.2) is 24.3 Å². The van der Waals surface area contributed by atoms with E-state index in [0.717, 1.165) is 31.8 Å². The monoisotopic (exact) mass is 278 g/mol. The van der Waals surface area contributed by atoms with E-state index >= 15 is 0 Å². The Balaban J connectivity index is 2.46. The maximum absolute atomic E-state index is 5.83. The number of benzene rings is 1. The van der Waals surface area contributed by atoms with Crippen LogP contribution in [0.4, 0.5) is 0 Å². The van der Waals surface area contributed by atoms with Crippen molar-refractivity contribution in [3.05, 3.63) is 29.8 Å². The highest BCUT2D eigenvalue weighted by molar-refractivity contribution is 5.28. The summed E-state index contributed by atoms with van der Waals surface area (Å²) in [6, 6.07) is 8.19. The molecule has 0 bridgehead atoms. The van der Waals surface area contributed by atoms with Crippen molar-refractivity contribution in [1.29, 1.82) is 0 Å². The first-order chi connectivity index (χ1) is 9.28. The standard InChI is InChI=1S/C17H30N2O/c1-16(2,12-18)11-17(3,4)13-19-10-14-7-6-8-15(9-14)20-5/h6-9,19H,10-13,18H2,1-5H3. The summed E-state index contributed by atoms with van der Waals surface area (Å²) in [5.41, 5.74) is 7.51. The molecule has 0 radical (unpaired) electrons. The molecular weight excluding hydrogens is 248 g/mol. The van der Waals surface area contributed by atoms with Crippen LogP contribution in [0.25, 0.3) is 0 Å². The van der Waals surface area contributed by atoms with Gasteiger partial charge in [-0.3, -0.25) is 0 Å². The molecule has 1 aromatic rings. The van der Waals surface area contributed by atoms with Crippen LogP contribution >= 0.6 is 0 Å². The Kier molecular flexibility index (Phi) is 6.03. The van der Waals surface area contributed by atoms with Gasteiger partial charge in [-0.1, -0.05) is 39.8 Å². The molecule has 3 nitrogen and oxygen atoms in total. The lowest BCUT2D eigenvalue weighted by Gasteiger charge is -2.34. The van der Waals surface area contributed by atoms with Gasteiger partial charge >= 0.3 is 0 Å². The van der Waals surface area contributed by atoms with Crippen molar-refractivity contribution in [1.82, 2.24) is 5.32 Å². The SMILES string of the molecule is COc1cccc(CNCC(C)(C)CC(C)(C)CN)c1. The topological polar surface area (TPSA) is 47.3 Å². The smallest absolute Gasteiger partial charge is 0.119 e. The Labute approximate surface area is 123 Å². The van der Waals surface area contributed by atoms with Crippen LogP contribution < -0.4 is 15.8 Å². The van der Waals surface area contributed by atoms with Crippen LogP contribution in [0.5, 0.6) is 5.75 Å². The van der Waals surface area contributed by atoms with E-state index in [1.807, 2.05) is 12.1 Å². The molecule has 0 aliphatic rings. The molecular formula is C17H30N2O. The second kappa shape index (κ2) is 7.09. The lowest BCUT2D eigenvalue weighted by molar-refractivity contribution is 0.195. The van der Waals surface area contributed by atoms with E-state index in [4.69, 9.17) is 10.5 Å². The lowest BCUT2D eigenvalue weighted by atomic mass is 9.75. The van der Waals surface area contributed by atoms with Gasteiger partial charge in [0.15, 0.2) is 0 Å². The van der Waals surface area contributed by atoms with Crippen LogP contribution in [0.2, 0.25) is 0 Å². The molecule has 0 atom stereocenters. The number of hydrogen-bond acceptors (Lipinski definition) is 3. The molecule has 3 N–H and O–H groups in total. The normalized spacial score (nSPS) is 12.5. The van der Waals surface area contributed by atoms with Gasteiger partial charge in [0.1, 0.15) is 5.75 Å². The minimum atomic E-state index is 0.196. The molecule has 0 aromatic heterocycles. The maximum atomic E-state index is 5.83. The minimum absolute atomic E-state index is 0.196.